The molecule has 4 rings (SSSR count). The third kappa shape index (κ3) is 1.41. The standard InChI is InChI=1S/C20H32O2/c1-11-6-7-20-12(2)8-14(21)13(18(20,3)4)9-16(20)19(5)10-15(22)17(11)19/h11-14,16-17,21H,6-10H2,1-5H3. The number of ketones is 1. The lowest BCUT2D eigenvalue weighted by Gasteiger charge is -2.60. The molecule has 8 unspecified atom stereocenters. The van der Waals surface area contributed by atoms with Gasteiger partial charge in [-0.15, -0.1) is 0 Å². The van der Waals surface area contributed by atoms with Crippen LogP contribution in [0.15, 0.2) is 0 Å². The van der Waals surface area contributed by atoms with Gasteiger partial charge < -0.3 is 5.11 Å². The summed E-state index contributed by atoms with van der Waals surface area (Å²) in [5.41, 5.74) is 0.720. The fourth-order valence-electron chi connectivity index (χ4n) is 8.28. The fraction of sp³-hybridized carbons (Fsp3) is 0.950. The van der Waals surface area contributed by atoms with Crippen molar-refractivity contribution in [2.24, 2.45) is 45.8 Å². The van der Waals surface area contributed by atoms with Crippen LogP contribution in [0.3, 0.4) is 0 Å². The second kappa shape index (κ2) is 4.18. The molecule has 0 aliphatic heterocycles. The van der Waals surface area contributed by atoms with Crippen LogP contribution in [0.4, 0.5) is 0 Å². The van der Waals surface area contributed by atoms with Crippen molar-refractivity contribution in [2.75, 3.05) is 0 Å². The monoisotopic (exact) mass is 304 g/mol. The van der Waals surface area contributed by atoms with Crippen LogP contribution in [0.1, 0.15) is 66.7 Å². The van der Waals surface area contributed by atoms with Gasteiger partial charge in [-0.25, -0.2) is 0 Å². The summed E-state index contributed by atoms with van der Waals surface area (Å²) in [6.07, 6.45) is 5.21. The molecule has 8 atom stereocenters. The minimum absolute atomic E-state index is 0.141. The van der Waals surface area contributed by atoms with Gasteiger partial charge >= 0.3 is 0 Å². The molecule has 0 aromatic rings. The van der Waals surface area contributed by atoms with Crippen molar-refractivity contribution < 1.29 is 9.90 Å². The first-order valence-corrected chi connectivity index (χ1v) is 9.37. The summed E-state index contributed by atoms with van der Waals surface area (Å²) in [6, 6.07) is 0. The molecule has 0 heterocycles. The Kier molecular flexibility index (Phi) is 2.88. The van der Waals surface area contributed by atoms with Crippen LogP contribution in [-0.4, -0.2) is 17.0 Å². The number of Topliss-reactive ketones (excluding diaryl/α,β-unsaturated/α-hetero) is 1. The number of fused-ring (bicyclic) bond motifs is 3. The zero-order valence-electron chi connectivity index (χ0n) is 14.9. The molecular formula is C20H32O2. The van der Waals surface area contributed by atoms with Gasteiger partial charge in [-0.2, -0.15) is 0 Å². The van der Waals surface area contributed by atoms with E-state index in [1.54, 1.807) is 0 Å². The first kappa shape index (κ1) is 15.2. The van der Waals surface area contributed by atoms with E-state index in [1.165, 1.54) is 12.8 Å². The SMILES string of the molecule is CC1CCC23C(C)CC(O)C(CC2C2(C)CC(=O)C12)C3(C)C. The van der Waals surface area contributed by atoms with Gasteiger partial charge in [0.2, 0.25) is 0 Å². The predicted molar refractivity (Wildman–Crippen MR) is 87.2 cm³/mol. The summed E-state index contributed by atoms with van der Waals surface area (Å²) in [4.78, 5) is 12.4. The molecule has 2 bridgehead atoms. The Morgan fingerprint density at radius 3 is 2.45 bits per heavy atom. The highest BCUT2D eigenvalue weighted by Crippen LogP contribution is 2.77. The van der Waals surface area contributed by atoms with Crippen molar-refractivity contribution in [1.29, 1.82) is 0 Å². The van der Waals surface area contributed by atoms with E-state index in [0.717, 1.165) is 19.3 Å². The number of hydrogen-bond acceptors (Lipinski definition) is 2. The highest BCUT2D eigenvalue weighted by atomic mass is 16.3. The van der Waals surface area contributed by atoms with Crippen LogP contribution in [0, 0.1) is 45.8 Å². The lowest BCUT2D eigenvalue weighted by Crippen LogP contribution is -2.58. The number of rotatable bonds is 0. The second-order valence-electron chi connectivity index (χ2n) is 10.0. The van der Waals surface area contributed by atoms with Crippen molar-refractivity contribution in [3.05, 3.63) is 0 Å². The normalized spacial score (nSPS) is 59.3. The Bertz CT molecular complexity index is 524. The highest BCUT2D eigenvalue weighted by molar-refractivity contribution is 5.89. The fourth-order valence-corrected chi connectivity index (χ4v) is 8.28. The summed E-state index contributed by atoms with van der Waals surface area (Å²) >= 11 is 0. The third-order valence-electron chi connectivity index (χ3n) is 9.17. The Morgan fingerprint density at radius 1 is 1.14 bits per heavy atom. The summed E-state index contributed by atoms with van der Waals surface area (Å²) in [7, 11) is 0. The molecule has 0 saturated heterocycles. The van der Waals surface area contributed by atoms with Crippen molar-refractivity contribution in [1.82, 2.24) is 0 Å². The highest BCUT2D eigenvalue weighted by Gasteiger charge is 2.73. The van der Waals surface area contributed by atoms with Gasteiger partial charge in [0.25, 0.3) is 0 Å². The van der Waals surface area contributed by atoms with Gasteiger partial charge in [-0.05, 0) is 65.6 Å². The first-order chi connectivity index (χ1) is 10.2. The van der Waals surface area contributed by atoms with E-state index in [9.17, 15) is 9.90 Å². The molecule has 4 saturated carbocycles. The average molecular weight is 304 g/mol. The van der Waals surface area contributed by atoms with Crippen LogP contribution in [0.2, 0.25) is 0 Å². The van der Waals surface area contributed by atoms with Crippen molar-refractivity contribution in [3.8, 4) is 0 Å². The van der Waals surface area contributed by atoms with Gasteiger partial charge in [0.15, 0.2) is 0 Å². The second-order valence-corrected chi connectivity index (χ2v) is 10.0. The summed E-state index contributed by atoms with van der Waals surface area (Å²) in [5.74, 6) is 2.96. The van der Waals surface area contributed by atoms with Gasteiger partial charge in [-0.1, -0.05) is 34.6 Å². The quantitative estimate of drug-likeness (QED) is 0.733. The van der Waals surface area contributed by atoms with E-state index in [2.05, 4.69) is 34.6 Å². The average Bonchev–Trinajstić information content (AvgIpc) is 2.49. The van der Waals surface area contributed by atoms with E-state index < -0.39 is 0 Å². The Hall–Kier alpha value is -0.370. The van der Waals surface area contributed by atoms with Gasteiger partial charge in [-0.3, -0.25) is 4.79 Å². The van der Waals surface area contributed by atoms with Crippen LogP contribution in [-0.2, 0) is 4.79 Å². The van der Waals surface area contributed by atoms with E-state index in [1.807, 2.05) is 0 Å². The Balaban J connectivity index is 1.87. The molecule has 0 aromatic carbocycles. The molecule has 2 heteroatoms. The third-order valence-corrected chi connectivity index (χ3v) is 9.17. The smallest absolute Gasteiger partial charge is 0.137 e. The zero-order chi connectivity index (χ0) is 16.1. The first-order valence-electron chi connectivity index (χ1n) is 9.37. The zero-order valence-corrected chi connectivity index (χ0v) is 14.9. The van der Waals surface area contributed by atoms with Gasteiger partial charge in [0.05, 0.1) is 6.10 Å². The summed E-state index contributed by atoms with van der Waals surface area (Å²) < 4.78 is 0. The van der Waals surface area contributed by atoms with E-state index in [0.29, 0.717) is 34.9 Å². The maximum absolute atomic E-state index is 12.4. The molecule has 4 aliphatic carbocycles. The molecule has 4 fully saturated rings. The lowest BCUT2D eigenvalue weighted by atomic mass is 9.44. The molecule has 4 aliphatic rings. The van der Waals surface area contributed by atoms with Crippen LogP contribution in [0.25, 0.3) is 0 Å². The Morgan fingerprint density at radius 2 is 1.82 bits per heavy atom. The van der Waals surface area contributed by atoms with E-state index in [4.69, 9.17) is 0 Å². The van der Waals surface area contributed by atoms with E-state index >= 15 is 0 Å². The topological polar surface area (TPSA) is 37.3 Å². The maximum Gasteiger partial charge on any atom is 0.137 e. The minimum Gasteiger partial charge on any atom is -0.393 e. The van der Waals surface area contributed by atoms with Crippen LogP contribution >= 0.6 is 0 Å². The molecule has 2 nitrogen and oxygen atoms in total. The summed E-state index contributed by atoms with van der Waals surface area (Å²) in [6.45, 7) is 11.9. The minimum atomic E-state index is -0.141. The number of aliphatic hydroxyl groups excluding tert-OH is 1. The van der Waals surface area contributed by atoms with Crippen molar-refractivity contribution in [2.45, 2.75) is 72.8 Å². The van der Waals surface area contributed by atoms with Crippen molar-refractivity contribution in [3.63, 3.8) is 0 Å². The number of hydrogen-bond donors (Lipinski definition) is 1. The molecular weight excluding hydrogens is 272 g/mol. The largest absolute Gasteiger partial charge is 0.393 e. The molecule has 1 spiro atoms. The molecule has 1 N–H and O–H groups in total. The molecule has 0 radical (unpaired) electrons. The summed E-state index contributed by atoms with van der Waals surface area (Å²) in [5, 5.41) is 10.7. The molecule has 22 heavy (non-hydrogen) atoms. The van der Waals surface area contributed by atoms with E-state index in [-0.39, 0.29) is 22.9 Å². The van der Waals surface area contributed by atoms with Crippen LogP contribution in [0.5, 0.6) is 0 Å². The number of aliphatic hydroxyl groups is 1. The Labute approximate surface area is 135 Å². The number of carbonyl (C=O) groups is 1. The lowest BCUT2D eigenvalue weighted by molar-refractivity contribution is -0.163. The van der Waals surface area contributed by atoms with Crippen molar-refractivity contribution >= 4 is 5.78 Å². The maximum atomic E-state index is 12.4. The van der Waals surface area contributed by atoms with Gasteiger partial charge in [0.1, 0.15) is 5.78 Å². The molecule has 0 aromatic heterocycles. The molecule has 124 valence electrons. The van der Waals surface area contributed by atoms with Crippen LogP contribution < -0.4 is 0 Å². The van der Waals surface area contributed by atoms with Gasteiger partial charge in [0, 0.05) is 12.3 Å². The number of carbonyl (C=O) groups excluding carboxylic acids is 1. The predicted octanol–water partition coefficient (Wildman–Crippen LogP) is 4.06. The molecule has 0 amide bonds.